The van der Waals surface area contributed by atoms with Crippen molar-refractivity contribution in [3.05, 3.63) is 45.2 Å². The van der Waals surface area contributed by atoms with Gasteiger partial charge in [0.2, 0.25) is 10.0 Å². The van der Waals surface area contributed by atoms with Crippen molar-refractivity contribution < 1.29 is 17.9 Å². The highest BCUT2D eigenvalue weighted by Crippen LogP contribution is 2.33. The van der Waals surface area contributed by atoms with E-state index in [0.717, 1.165) is 36.0 Å². The van der Waals surface area contributed by atoms with E-state index in [4.69, 9.17) is 4.74 Å². The molecule has 2 aromatic rings. The fourth-order valence-corrected chi connectivity index (χ4v) is 6.73. The van der Waals surface area contributed by atoms with E-state index in [1.807, 2.05) is 19.1 Å². The molecule has 0 unspecified atom stereocenters. The maximum absolute atomic E-state index is 13.7. The number of rotatable bonds is 6. The zero-order chi connectivity index (χ0) is 23.6. The number of aromatic nitrogens is 2. The number of piperidine rings is 1. The van der Waals surface area contributed by atoms with Crippen LogP contribution in [0.25, 0.3) is 11.3 Å². The Morgan fingerprint density at radius 3 is 2.67 bits per heavy atom. The Morgan fingerprint density at radius 1 is 1.18 bits per heavy atom. The van der Waals surface area contributed by atoms with Crippen molar-refractivity contribution in [3.8, 4) is 11.3 Å². The van der Waals surface area contributed by atoms with E-state index in [1.54, 1.807) is 13.0 Å². The van der Waals surface area contributed by atoms with E-state index < -0.39 is 15.9 Å². The molecule has 1 aliphatic carbocycles. The molecule has 1 saturated heterocycles. The average Bonchev–Trinajstić information content (AvgIpc) is 2.84. The number of benzene rings is 1. The minimum atomic E-state index is -3.82. The minimum Gasteiger partial charge on any atom is -0.466 e. The largest absolute Gasteiger partial charge is 0.466 e. The summed E-state index contributed by atoms with van der Waals surface area (Å²) in [5.74, 6) is -0.791. The number of sulfonamides is 1. The molecule has 1 aromatic heterocycles. The summed E-state index contributed by atoms with van der Waals surface area (Å²) in [7, 11) is -3.82. The van der Waals surface area contributed by atoms with Crippen LogP contribution in [-0.4, -0.2) is 48.6 Å². The van der Waals surface area contributed by atoms with Crippen LogP contribution in [0.15, 0.2) is 27.9 Å². The van der Waals surface area contributed by atoms with Gasteiger partial charge < -0.3 is 4.74 Å². The molecule has 1 aromatic carbocycles. The SMILES string of the molecule is CCOC(=O)[C@H]1CCCN(S(=O)(=O)c2cc(-c3n[nH]c(=O)c4c3CCCC4)ccc2CC)C1. The molecule has 1 fully saturated rings. The van der Waals surface area contributed by atoms with Crippen LogP contribution in [0.4, 0.5) is 0 Å². The maximum Gasteiger partial charge on any atom is 0.310 e. The Balaban J connectivity index is 1.73. The first-order valence-electron chi connectivity index (χ1n) is 11.8. The van der Waals surface area contributed by atoms with Crippen LogP contribution in [0.3, 0.4) is 0 Å². The fraction of sp³-hybridized carbons (Fsp3) is 0.542. The third-order valence-electron chi connectivity index (χ3n) is 6.64. The predicted molar refractivity (Wildman–Crippen MR) is 124 cm³/mol. The summed E-state index contributed by atoms with van der Waals surface area (Å²) in [5.41, 5.74) is 3.55. The average molecular weight is 474 g/mol. The van der Waals surface area contributed by atoms with Crippen LogP contribution in [0, 0.1) is 5.92 Å². The number of H-pyrrole nitrogens is 1. The number of nitrogens with one attached hydrogen (secondary N) is 1. The number of aromatic amines is 1. The van der Waals surface area contributed by atoms with Crippen LogP contribution in [0.1, 0.15) is 56.2 Å². The van der Waals surface area contributed by atoms with Gasteiger partial charge in [-0.05, 0) is 69.1 Å². The van der Waals surface area contributed by atoms with E-state index >= 15 is 0 Å². The highest BCUT2D eigenvalue weighted by molar-refractivity contribution is 7.89. The van der Waals surface area contributed by atoms with Crippen LogP contribution in [0.5, 0.6) is 0 Å². The summed E-state index contributed by atoms with van der Waals surface area (Å²) in [6.45, 7) is 4.45. The summed E-state index contributed by atoms with van der Waals surface area (Å²) < 4.78 is 34.0. The molecule has 0 amide bonds. The van der Waals surface area contributed by atoms with Crippen molar-refractivity contribution in [2.24, 2.45) is 5.92 Å². The maximum atomic E-state index is 13.7. The molecule has 178 valence electrons. The molecule has 0 spiro atoms. The van der Waals surface area contributed by atoms with E-state index in [-0.39, 0.29) is 29.6 Å². The Hall–Kier alpha value is -2.52. The third kappa shape index (κ3) is 4.61. The lowest BCUT2D eigenvalue weighted by molar-refractivity contribution is -0.149. The molecule has 0 radical (unpaired) electrons. The van der Waals surface area contributed by atoms with E-state index in [2.05, 4.69) is 10.2 Å². The molecule has 4 rings (SSSR count). The van der Waals surface area contributed by atoms with Gasteiger partial charge in [0.25, 0.3) is 5.56 Å². The monoisotopic (exact) mass is 473 g/mol. The zero-order valence-electron chi connectivity index (χ0n) is 19.2. The lowest BCUT2D eigenvalue weighted by Gasteiger charge is -2.31. The zero-order valence-corrected chi connectivity index (χ0v) is 20.0. The minimum absolute atomic E-state index is 0.126. The molecule has 1 N–H and O–H groups in total. The smallest absolute Gasteiger partial charge is 0.310 e. The molecule has 2 heterocycles. The van der Waals surface area contributed by atoms with Crippen molar-refractivity contribution >= 4 is 16.0 Å². The van der Waals surface area contributed by atoms with Gasteiger partial charge in [-0.15, -0.1) is 0 Å². The number of carbonyl (C=O) groups excluding carboxylic acids is 1. The second-order valence-corrected chi connectivity index (χ2v) is 10.6. The van der Waals surface area contributed by atoms with Crippen molar-refractivity contribution in [1.82, 2.24) is 14.5 Å². The molecular weight excluding hydrogens is 442 g/mol. The van der Waals surface area contributed by atoms with Crippen molar-refractivity contribution in [2.45, 2.75) is 63.7 Å². The number of hydrogen-bond donors (Lipinski definition) is 1. The fourth-order valence-electron chi connectivity index (χ4n) is 4.88. The first kappa shape index (κ1) is 23.6. The van der Waals surface area contributed by atoms with Gasteiger partial charge in [-0.2, -0.15) is 9.40 Å². The number of carbonyl (C=O) groups is 1. The van der Waals surface area contributed by atoms with Gasteiger partial charge >= 0.3 is 5.97 Å². The molecule has 0 saturated carbocycles. The van der Waals surface area contributed by atoms with Gasteiger partial charge in [-0.1, -0.05) is 19.1 Å². The van der Waals surface area contributed by atoms with Crippen molar-refractivity contribution in [1.29, 1.82) is 0 Å². The molecule has 0 bridgehead atoms. The second kappa shape index (κ2) is 9.77. The molecule has 8 nitrogen and oxygen atoms in total. The topological polar surface area (TPSA) is 109 Å². The standard InChI is InChI=1S/C24H31N3O5S/c1-3-16-11-12-17(22-19-9-5-6-10-20(19)23(28)26-25-22)14-21(16)33(30,31)27-13-7-8-18(15-27)24(29)32-4-2/h11-12,14,18H,3-10,13,15H2,1-2H3,(H,26,28)/t18-/m0/s1. The third-order valence-corrected chi connectivity index (χ3v) is 8.59. The lowest BCUT2D eigenvalue weighted by atomic mass is 9.89. The van der Waals surface area contributed by atoms with Crippen LogP contribution < -0.4 is 5.56 Å². The number of fused-ring (bicyclic) bond motifs is 1. The summed E-state index contributed by atoms with van der Waals surface area (Å²) in [6.07, 6.45) is 5.20. The first-order valence-corrected chi connectivity index (χ1v) is 13.2. The number of hydrogen-bond acceptors (Lipinski definition) is 6. The molecule has 1 aliphatic heterocycles. The number of aryl methyl sites for hydroxylation is 1. The van der Waals surface area contributed by atoms with Gasteiger partial charge in [0.15, 0.2) is 0 Å². The van der Waals surface area contributed by atoms with Gasteiger partial charge in [-0.3, -0.25) is 9.59 Å². The van der Waals surface area contributed by atoms with Crippen LogP contribution in [-0.2, 0) is 38.8 Å². The van der Waals surface area contributed by atoms with E-state index in [0.29, 0.717) is 43.5 Å². The van der Waals surface area contributed by atoms with E-state index in [9.17, 15) is 18.0 Å². The normalized spacial score (nSPS) is 19.2. The Bertz CT molecular complexity index is 1210. The molecule has 1 atom stereocenters. The summed E-state index contributed by atoms with van der Waals surface area (Å²) >= 11 is 0. The Labute approximate surface area is 194 Å². The molecule has 33 heavy (non-hydrogen) atoms. The number of esters is 1. The van der Waals surface area contributed by atoms with E-state index in [1.165, 1.54) is 4.31 Å². The highest BCUT2D eigenvalue weighted by Gasteiger charge is 2.35. The summed E-state index contributed by atoms with van der Waals surface area (Å²) in [5, 5.41) is 6.89. The van der Waals surface area contributed by atoms with Crippen molar-refractivity contribution in [3.63, 3.8) is 0 Å². The molecule has 9 heteroatoms. The van der Waals surface area contributed by atoms with Crippen LogP contribution >= 0.6 is 0 Å². The summed E-state index contributed by atoms with van der Waals surface area (Å²) in [6, 6.07) is 5.39. The first-order chi connectivity index (χ1) is 15.9. The second-order valence-electron chi connectivity index (χ2n) is 8.70. The summed E-state index contributed by atoms with van der Waals surface area (Å²) in [4.78, 5) is 24.7. The highest BCUT2D eigenvalue weighted by atomic mass is 32.2. The Morgan fingerprint density at radius 2 is 1.94 bits per heavy atom. The molecule has 2 aliphatic rings. The van der Waals surface area contributed by atoms with Crippen molar-refractivity contribution in [2.75, 3.05) is 19.7 Å². The Kier molecular flexibility index (Phi) is 6.99. The lowest BCUT2D eigenvalue weighted by Crippen LogP contribution is -2.43. The predicted octanol–water partition coefficient (Wildman–Crippen LogP) is 2.84. The number of nitrogens with zero attached hydrogens (tertiary/aromatic N) is 2. The van der Waals surface area contributed by atoms with Gasteiger partial charge in [0, 0.05) is 24.2 Å². The number of ether oxygens (including phenoxy) is 1. The molecular formula is C24H31N3O5S. The van der Waals surface area contributed by atoms with Gasteiger partial charge in [-0.25, -0.2) is 13.5 Å². The van der Waals surface area contributed by atoms with Gasteiger partial charge in [0.05, 0.1) is 23.1 Å². The van der Waals surface area contributed by atoms with Gasteiger partial charge in [0.1, 0.15) is 0 Å². The van der Waals surface area contributed by atoms with Crippen LogP contribution in [0.2, 0.25) is 0 Å². The quantitative estimate of drug-likeness (QED) is 0.646.